The van der Waals surface area contributed by atoms with Crippen molar-refractivity contribution in [1.82, 2.24) is 0 Å². The largest absolute Gasteiger partial charge is 0.400 e. The number of hydrogen-bond acceptors (Lipinski definition) is 3. The summed E-state index contributed by atoms with van der Waals surface area (Å²) in [4.78, 5) is 0. The third-order valence-corrected chi connectivity index (χ3v) is 0.607. The van der Waals surface area contributed by atoms with Gasteiger partial charge in [-0.15, -0.1) is 0 Å². The first kappa shape index (κ1) is 23.0. The van der Waals surface area contributed by atoms with E-state index < -0.39 is 0 Å². The van der Waals surface area contributed by atoms with Crippen LogP contribution in [0.1, 0.15) is 0 Å². The first-order valence-electron chi connectivity index (χ1n) is 3.25. The molecule has 76 valence electrons. The molecule has 0 aliphatic heterocycles. The number of rotatable bonds is 0. The second-order valence-corrected chi connectivity index (χ2v) is 1.08. The summed E-state index contributed by atoms with van der Waals surface area (Å²) in [7, 11) is 3.00. The maximum atomic E-state index is 7.00. The molecule has 0 fully saturated rings. The molecule has 4 heteroatoms. The van der Waals surface area contributed by atoms with Gasteiger partial charge in [0.15, 0.2) is 0 Å². The number of benzene rings is 1. The smallest absolute Gasteiger partial charge is 0.0319 e. The van der Waals surface area contributed by atoms with Crippen molar-refractivity contribution in [3.8, 4) is 0 Å². The molecule has 1 rings (SSSR count). The average Bonchev–Trinajstić information content (AvgIpc) is 2.29. The van der Waals surface area contributed by atoms with Gasteiger partial charge in [0.25, 0.3) is 0 Å². The van der Waals surface area contributed by atoms with Crippen LogP contribution in [0.5, 0.6) is 0 Å². The Kier molecular flexibility index (Phi) is 72.4. The van der Waals surface area contributed by atoms with Crippen LogP contribution >= 0.6 is 0 Å². The van der Waals surface area contributed by atoms with Crippen LogP contribution in [0.25, 0.3) is 0 Å². The Labute approximate surface area is 94.9 Å². The average molecular weight is 221 g/mol. The fraction of sp³-hybridized carbons (Fsp3) is 0.333. The Hall–Kier alpha value is -0.186. The minimum absolute atomic E-state index is 0. The first-order chi connectivity index (χ1) is 6.00. The molecule has 0 aliphatic carbocycles. The van der Waals surface area contributed by atoms with Crippen molar-refractivity contribution in [1.29, 1.82) is 0 Å². The summed E-state index contributed by atoms with van der Waals surface area (Å²) in [5, 5.41) is 21.0. The van der Waals surface area contributed by atoms with Gasteiger partial charge in [0.1, 0.15) is 0 Å². The minimum atomic E-state index is 0. The van der Waals surface area contributed by atoms with E-state index in [0.29, 0.717) is 0 Å². The van der Waals surface area contributed by atoms with E-state index in [1.165, 1.54) is 0 Å². The standard InChI is InChI=1S/C6H5.3CH4O.Ti/c1-2-4-6-5-3-1;3*1-2;/h1-5H;3*2H,1H3;/q-1;;;;. The van der Waals surface area contributed by atoms with Gasteiger partial charge in [-0.05, 0) is 0 Å². The van der Waals surface area contributed by atoms with Crippen molar-refractivity contribution in [2.45, 2.75) is 0 Å². The molecular formula is C9H17O3Ti-. The normalized spacial score (nSPS) is 5.08. The van der Waals surface area contributed by atoms with Gasteiger partial charge in [0.2, 0.25) is 0 Å². The van der Waals surface area contributed by atoms with E-state index >= 15 is 0 Å². The predicted molar refractivity (Wildman–Crippen MR) is 49.7 cm³/mol. The Bertz CT molecular complexity index is 86.8. The molecule has 0 unspecified atom stereocenters. The molecule has 1 aromatic rings. The monoisotopic (exact) mass is 221 g/mol. The number of aliphatic hydroxyl groups is 3. The van der Waals surface area contributed by atoms with Crippen molar-refractivity contribution in [2.75, 3.05) is 21.3 Å². The van der Waals surface area contributed by atoms with Gasteiger partial charge in [-0.1, -0.05) is 0 Å². The van der Waals surface area contributed by atoms with Crippen LogP contribution in [0.3, 0.4) is 0 Å². The molecule has 13 heavy (non-hydrogen) atoms. The molecule has 0 aromatic heterocycles. The van der Waals surface area contributed by atoms with Crippen LogP contribution in [0, 0.1) is 6.07 Å². The zero-order chi connectivity index (χ0) is 10.2. The van der Waals surface area contributed by atoms with Crippen molar-refractivity contribution in [3.05, 3.63) is 36.4 Å². The third kappa shape index (κ3) is 33.7. The second-order valence-electron chi connectivity index (χ2n) is 1.08. The molecule has 3 nitrogen and oxygen atoms in total. The van der Waals surface area contributed by atoms with Crippen molar-refractivity contribution in [2.24, 2.45) is 0 Å². The van der Waals surface area contributed by atoms with E-state index in [1.807, 2.05) is 30.3 Å². The van der Waals surface area contributed by atoms with E-state index in [0.717, 1.165) is 21.3 Å². The van der Waals surface area contributed by atoms with Crippen LogP contribution < -0.4 is 0 Å². The van der Waals surface area contributed by atoms with Gasteiger partial charge >= 0.3 is 0 Å². The van der Waals surface area contributed by atoms with Crippen molar-refractivity contribution < 1.29 is 37.0 Å². The van der Waals surface area contributed by atoms with Crippen LogP contribution in [-0.4, -0.2) is 36.6 Å². The molecule has 0 heterocycles. The van der Waals surface area contributed by atoms with E-state index in [4.69, 9.17) is 15.3 Å². The summed E-state index contributed by atoms with van der Waals surface area (Å²) in [5.74, 6) is 0. The van der Waals surface area contributed by atoms with E-state index in [2.05, 4.69) is 6.07 Å². The Morgan fingerprint density at radius 3 is 1.08 bits per heavy atom. The van der Waals surface area contributed by atoms with E-state index in [-0.39, 0.29) is 21.7 Å². The third-order valence-electron chi connectivity index (χ3n) is 0.607. The van der Waals surface area contributed by atoms with E-state index in [1.54, 1.807) is 0 Å². The van der Waals surface area contributed by atoms with Gasteiger partial charge in [0, 0.05) is 43.0 Å². The molecule has 0 saturated heterocycles. The summed E-state index contributed by atoms with van der Waals surface area (Å²) in [5.41, 5.74) is 0. The zero-order valence-electron chi connectivity index (χ0n) is 8.23. The SMILES string of the molecule is CO.CO.CO.[Ti].[c-]1ccccc1. The summed E-state index contributed by atoms with van der Waals surface area (Å²) in [6, 6.07) is 12.5. The molecule has 0 radical (unpaired) electrons. The maximum Gasteiger partial charge on any atom is 0.0319 e. The Morgan fingerprint density at radius 2 is 1.00 bits per heavy atom. The molecule has 0 atom stereocenters. The van der Waals surface area contributed by atoms with Crippen LogP contribution in [0.4, 0.5) is 0 Å². The fourth-order valence-corrected chi connectivity index (χ4v) is 0.342. The van der Waals surface area contributed by atoms with Crippen molar-refractivity contribution >= 4 is 0 Å². The first-order valence-corrected chi connectivity index (χ1v) is 3.25. The summed E-state index contributed by atoms with van der Waals surface area (Å²) in [6.07, 6.45) is 0. The molecular weight excluding hydrogens is 204 g/mol. The van der Waals surface area contributed by atoms with Crippen LogP contribution in [0.2, 0.25) is 0 Å². The maximum absolute atomic E-state index is 7.00. The fourth-order valence-electron chi connectivity index (χ4n) is 0.342. The van der Waals surface area contributed by atoms with Gasteiger partial charge in [0.05, 0.1) is 0 Å². The molecule has 0 aliphatic rings. The second kappa shape index (κ2) is 40.9. The molecule has 0 spiro atoms. The van der Waals surface area contributed by atoms with Gasteiger partial charge < -0.3 is 15.3 Å². The topological polar surface area (TPSA) is 60.7 Å². The Balaban J connectivity index is -0.0000000508. The molecule has 3 N–H and O–H groups in total. The summed E-state index contributed by atoms with van der Waals surface area (Å²) < 4.78 is 0. The minimum Gasteiger partial charge on any atom is -0.400 e. The number of hydrogen-bond donors (Lipinski definition) is 3. The molecule has 1 aromatic carbocycles. The summed E-state index contributed by atoms with van der Waals surface area (Å²) >= 11 is 0. The quantitative estimate of drug-likeness (QED) is 0.436. The van der Waals surface area contributed by atoms with Gasteiger partial charge in [-0.25, -0.2) is 0 Å². The van der Waals surface area contributed by atoms with Crippen LogP contribution in [0.15, 0.2) is 30.3 Å². The van der Waals surface area contributed by atoms with Crippen molar-refractivity contribution in [3.63, 3.8) is 0 Å². The molecule has 0 amide bonds. The Morgan fingerprint density at radius 1 is 0.692 bits per heavy atom. The zero-order valence-corrected chi connectivity index (χ0v) is 9.79. The predicted octanol–water partition coefficient (Wildman–Crippen LogP) is 0.310. The molecule has 0 saturated carbocycles. The summed E-state index contributed by atoms with van der Waals surface area (Å²) in [6.45, 7) is 0. The van der Waals surface area contributed by atoms with E-state index in [9.17, 15) is 0 Å². The van der Waals surface area contributed by atoms with Gasteiger partial charge in [-0.2, -0.15) is 36.4 Å². The molecule has 0 bridgehead atoms. The van der Waals surface area contributed by atoms with Crippen LogP contribution in [-0.2, 0) is 21.7 Å². The van der Waals surface area contributed by atoms with Gasteiger partial charge in [-0.3, -0.25) is 0 Å². The number of aliphatic hydroxyl groups excluding tert-OH is 3.